The van der Waals surface area contributed by atoms with Gasteiger partial charge in [0, 0.05) is 0 Å². The van der Waals surface area contributed by atoms with E-state index in [2.05, 4.69) is 6.58 Å². The summed E-state index contributed by atoms with van der Waals surface area (Å²) in [4.78, 5) is 23.2. The Morgan fingerprint density at radius 2 is 1.15 bits per heavy atom. The van der Waals surface area contributed by atoms with E-state index in [1.165, 1.54) is 5.57 Å². The number of hydrogen-bond donors (Lipinski definition) is 2. The fraction of sp³-hybridized carbons (Fsp3) is 0.733. The quantitative estimate of drug-likeness (QED) is 0.764. The summed E-state index contributed by atoms with van der Waals surface area (Å²) >= 11 is 0. The summed E-state index contributed by atoms with van der Waals surface area (Å²) in [6.07, 6.45) is 2.68. The van der Waals surface area contributed by atoms with E-state index in [1.807, 2.05) is 39.9 Å². The molecule has 0 aromatic rings. The molecule has 5 nitrogen and oxygen atoms in total. The monoisotopic (exact) mass is 287 g/mol. The number of rotatable bonds is 2. The Morgan fingerprint density at radius 1 is 0.950 bits per heavy atom. The van der Waals surface area contributed by atoms with Gasteiger partial charge in [-0.05, 0) is 47.8 Å². The highest BCUT2D eigenvalue weighted by molar-refractivity contribution is 5.80. The Bertz CT molecular complexity index is 284. The highest BCUT2D eigenvalue weighted by Crippen LogP contribution is 2.30. The maximum Gasteiger partial charge on any atom is 0.307 e. The van der Waals surface area contributed by atoms with Gasteiger partial charge in [-0.1, -0.05) is 18.4 Å². The van der Waals surface area contributed by atoms with Crippen molar-refractivity contribution in [2.75, 3.05) is 21.1 Å². The number of carboxylic acids is 2. The molecule has 1 saturated carbocycles. The predicted molar refractivity (Wildman–Crippen MR) is 80.8 cm³/mol. The molecule has 5 heteroatoms. The molecule has 0 aromatic carbocycles. The smallest absolute Gasteiger partial charge is 0.307 e. The number of carbonyl (C=O) groups is 2. The molecule has 0 amide bonds. The molecule has 2 atom stereocenters. The number of hydrogen-bond acceptors (Lipinski definition) is 3. The minimum absolute atomic E-state index is 0.506. The summed E-state index contributed by atoms with van der Waals surface area (Å²) in [7, 11) is 6.00. The van der Waals surface area contributed by atoms with Crippen molar-refractivity contribution in [3.05, 3.63) is 12.2 Å². The minimum Gasteiger partial charge on any atom is -0.481 e. The van der Waals surface area contributed by atoms with Crippen LogP contribution >= 0.6 is 0 Å². The van der Waals surface area contributed by atoms with Crippen molar-refractivity contribution in [1.82, 2.24) is 4.90 Å². The van der Waals surface area contributed by atoms with E-state index in [4.69, 9.17) is 10.2 Å². The first kappa shape index (κ1) is 20.9. The van der Waals surface area contributed by atoms with Crippen LogP contribution in [-0.2, 0) is 9.59 Å². The third-order valence-electron chi connectivity index (χ3n) is 2.40. The lowest BCUT2D eigenvalue weighted by molar-refractivity contribution is -0.155. The minimum atomic E-state index is -0.970. The van der Waals surface area contributed by atoms with Crippen molar-refractivity contribution in [3.8, 4) is 0 Å². The van der Waals surface area contributed by atoms with Crippen molar-refractivity contribution in [3.63, 3.8) is 0 Å². The number of carboxylic acid groups (broad SMARTS) is 2. The van der Waals surface area contributed by atoms with Gasteiger partial charge < -0.3 is 15.1 Å². The molecule has 0 saturated heterocycles. The average Bonchev–Trinajstić information content (AvgIpc) is 2.27. The van der Waals surface area contributed by atoms with Crippen molar-refractivity contribution in [2.45, 2.75) is 39.5 Å². The van der Waals surface area contributed by atoms with Crippen LogP contribution < -0.4 is 0 Å². The van der Waals surface area contributed by atoms with Gasteiger partial charge in [0.15, 0.2) is 0 Å². The Balaban J connectivity index is 0. The molecule has 2 N–H and O–H groups in total. The lowest BCUT2D eigenvalue weighted by atomic mass is 9.79. The summed E-state index contributed by atoms with van der Waals surface area (Å²) in [5.74, 6) is -3.28. The van der Waals surface area contributed by atoms with E-state index >= 15 is 0 Å². The highest BCUT2D eigenvalue weighted by Gasteiger charge is 2.35. The van der Waals surface area contributed by atoms with Crippen LogP contribution in [0.25, 0.3) is 0 Å². The van der Waals surface area contributed by atoms with Crippen LogP contribution in [0.2, 0.25) is 0 Å². The Labute approximate surface area is 122 Å². The maximum atomic E-state index is 10.6. The van der Waals surface area contributed by atoms with Crippen LogP contribution in [0.5, 0.6) is 0 Å². The Kier molecular flexibility index (Phi) is 12.0. The van der Waals surface area contributed by atoms with E-state index in [9.17, 15) is 9.59 Å². The molecule has 1 aliphatic rings. The van der Waals surface area contributed by atoms with E-state index in [0.29, 0.717) is 12.8 Å². The summed E-state index contributed by atoms with van der Waals surface area (Å²) in [6.45, 7) is 7.50. The van der Waals surface area contributed by atoms with Crippen LogP contribution in [0.1, 0.15) is 39.5 Å². The molecule has 118 valence electrons. The molecule has 0 aromatic heterocycles. The first-order valence-electron chi connectivity index (χ1n) is 6.78. The molecule has 0 spiro atoms. The van der Waals surface area contributed by atoms with Crippen molar-refractivity contribution >= 4 is 11.9 Å². The first-order chi connectivity index (χ1) is 9.09. The molecule has 0 heterocycles. The molecule has 0 aliphatic heterocycles. The lowest BCUT2D eigenvalue weighted by Crippen LogP contribution is -2.32. The number of nitrogens with zero attached hydrogens (tertiary/aromatic N) is 1. The standard InChI is InChI=1S/C8H12O4.C4H8.C3H9N/c9-7(10)5-3-1-2-4-6(5)8(11)12;2*1-4(2)3/h5-6H,1-4H2,(H,9,10)(H,11,12);1H2,2-3H3;1-3H3. The molecule has 1 rings (SSSR count). The molecule has 1 fully saturated rings. The maximum absolute atomic E-state index is 10.6. The second-order valence-corrected chi connectivity index (χ2v) is 5.72. The molecular weight excluding hydrogens is 258 g/mol. The van der Waals surface area contributed by atoms with Crippen LogP contribution in [0, 0.1) is 11.8 Å². The second-order valence-electron chi connectivity index (χ2n) is 5.72. The van der Waals surface area contributed by atoms with E-state index < -0.39 is 23.8 Å². The Hall–Kier alpha value is -1.36. The van der Waals surface area contributed by atoms with Crippen LogP contribution in [-0.4, -0.2) is 48.2 Å². The zero-order valence-corrected chi connectivity index (χ0v) is 13.3. The van der Waals surface area contributed by atoms with Gasteiger partial charge in [0.25, 0.3) is 0 Å². The summed E-state index contributed by atoms with van der Waals surface area (Å²) in [5.41, 5.74) is 1.17. The molecule has 0 radical (unpaired) electrons. The largest absolute Gasteiger partial charge is 0.481 e. The topological polar surface area (TPSA) is 77.8 Å². The molecule has 2 unspecified atom stereocenters. The van der Waals surface area contributed by atoms with E-state index in [1.54, 1.807) is 0 Å². The zero-order valence-electron chi connectivity index (χ0n) is 13.3. The normalized spacial score (nSPS) is 20.9. The van der Waals surface area contributed by atoms with Gasteiger partial charge in [0.2, 0.25) is 0 Å². The van der Waals surface area contributed by atoms with E-state index in [-0.39, 0.29) is 0 Å². The fourth-order valence-corrected chi connectivity index (χ4v) is 1.72. The van der Waals surface area contributed by atoms with Gasteiger partial charge in [0.05, 0.1) is 11.8 Å². The van der Waals surface area contributed by atoms with Gasteiger partial charge in [-0.25, -0.2) is 0 Å². The number of allylic oxidation sites excluding steroid dienone is 1. The van der Waals surface area contributed by atoms with Crippen molar-refractivity contribution in [2.24, 2.45) is 11.8 Å². The van der Waals surface area contributed by atoms with Gasteiger partial charge >= 0.3 is 11.9 Å². The summed E-state index contributed by atoms with van der Waals surface area (Å²) in [6, 6.07) is 0. The van der Waals surface area contributed by atoms with Crippen molar-refractivity contribution < 1.29 is 19.8 Å². The van der Waals surface area contributed by atoms with Gasteiger partial charge in [-0.2, -0.15) is 0 Å². The average molecular weight is 287 g/mol. The van der Waals surface area contributed by atoms with Crippen LogP contribution in [0.3, 0.4) is 0 Å². The number of aliphatic carboxylic acids is 2. The zero-order chi connectivity index (χ0) is 16.3. The third kappa shape index (κ3) is 13.1. The molecule has 0 bridgehead atoms. The van der Waals surface area contributed by atoms with Gasteiger partial charge in [0.1, 0.15) is 0 Å². The van der Waals surface area contributed by atoms with Crippen LogP contribution in [0.15, 0.2) is 12.2 Å². The summed E-state index contributed by atoms with van der Waals surface area (Å²) in [5, 5.41) is 17.4. The van der Waals surface area contributed by atoms with Crippen LogP contribution in [0.4, 0.5) is 0 Å². The van der Waals surface area contributed by atoms with E-state index in [0.717, 1.165) is 12.8 Å². The SMILES string of the molecule is C=C(C)C.CN(C)C.O=C(O)C1CCCCC1C(=O)O. The second kappa shape index (κ2) is 11.5. The summed E-state index contributed by atoms with van der Waals surface area (Å²) < 4.78 is 0. The first-order valence-corrected chi connectivity index (χ1v) is 6.78. The fourth-order valence-electron chi connectivity index (χ4n) is 1.72. The van der Waals surface area contributed by atoms with Crippen molar-refractivity contribution in [1.29, 1.82) is 0 Å². The lowest BCUT2D eigenvalue weighted by Gasteiger charge is -2.24. The molecule has 20 heavy (non-hydrogen) atoms. The predicted octanol–water partition coefficient (Wildman–Crippen LogP) is 2.72. The van der Waals surface area contributed by atoms with Gasteiger partial charge in [-0.15, -0.1) is 6.58 Å². The third-order valence-corrected chi connectivity index (χ3v) is 2.40. The highest BCUT2D eigenvalue weighted by atomic mass is 16.4. The van der Waals surface area contributed by atoms with Gasteiger partial charge in [-0.3, -0.25) is 9.59 Å². The Morgan fingerprint density at radius 3 is 1.30 bits per heavy atom. The molecular formula is C15H29NO4. The molecule has 1 aliphatic carbocycles.